The number of ether oxygens (including phenoxy) is 2. The molecule has 3 unspecified atom stereocenters. The SMILES string of the molecule is CNCC(O)COc1cccc(-c2nc(C[C@@H]3CCOC3)c(C)c(N3CC4CN(CC(F)F)CC4C3)n2)c1. The number of nitrogens with zero attached hydrogens (tertiary/aromatic N) is 4. The molecule has 3 aliphatic rings. The average molecular weight is 532 g/mol. The summed E-state index contributed by atoms with van der Waals surface area (Å²) in [5, 5.41) is 13.0. The summed E-state index contributed by atoms with van der Waals surface area (Å²) in [5.74, 6) is 3.43. The zero-order chi connectivity index (χ0) is 26.6. The molecule has 0 aliphatic carbocycles. The third-order valence-corrected chi connectivity index (χ3v) is 7.96. The van der Waals surface area contributed by atoms with Crippen LogP contribution in [-0.4, -0.2) is 98.6 Å². The number of halogens is 2. The summed E-state index contributed by atoms with van der Waals surface area (Å²) in [5.41, 5.74) is 2.98. The van der Waals surface area contributed by atoms with Crippen molar-refractivity contribution in [3.05, 3.63) is 35.5 Å². The topological polar surface area (TPSA) is 83.0 Å². The van der Waals surface area contributed by atoms with Crippen LogP contribution in [0.5, 0.6) is 5.75 Å². The Labute approximate surface area is 223 Å². The quantitative estimate of drug-likeness (QED) is 0.458. The Morgan fingerprint density at radius 2 is 1.97 bits per heavy atom. The summed E-state index contributed by atoms with van der Waals surface area (Å²) in [6.07, 6.45) is -1.02. The van der Waals surface area contributed by atoms with E-state index < -0.39 is 12.5 Å². The molecular formula is C28H39F2N5O3. The number of nitrogens with one attached hydrogen (secondary N) is 1. The molecule has 8 nitrogen and oxygen atoms in total. The predicted molar refractivity (Wildman–Crippen MR) is 142 cm³/mol. The maximum atomic E-state index is 12.9. The van der Waals surface area contributed by atoms with Crippen molar-refractivity contribution in [2.75, 3.05) is 71.0 Å². The minimum Gasteiger partial charge on any atom is -0.491 e. The molecule has 0 bridgehead atoms. The molecule has 0 saturated carbocycles. The number of rotatable bonds is 11. The lowest BCUT2D eigenvalue weighted by Gasteiger charge is -2.25. The highest BCUT2D eigenvalue weighted by molar-refractivity contribution is 5.62. The van der Waals surface area contributed by atoms with E-state index in [0.29, 0.717) is 49.0 Å². The molecule has 0 amide bonds. The fourth-order valence-electron chi connectivity index (χ4n) is 6.02. The number of anilines is 1. The van der Waals surface area contributed by atoms with Gasteiger partial charge in [-0.1, -0.05) is 12.1 Å². The van der Waals surface area contributed by atoms with E-state index in [2.05, 4.69) is 17.1 Å². The molecule has 2 aromatic rings. The first-order chi connectivity index (χ1) is 18.4. The molecule has 10 heteroatoms. The fourth-order valence-corrected chi connectivity index (χ4v) is 6.02. The van der Waals surface area contributed by atoms with Crippen LogP contribution < -0.4 is 15.0 Å². The lowest BCUT2D eigenvalue weighted by atomic mass is 9.99. The van der Waals surface area contributed by atoms with Gasteiger partial charge in [0.2, 0.25) is 0 Å². The normalized spacial score (nSPS) is 24.4. The zero-order valence-electron chi connectivity index (χ0n) is 22.3. The second-order valence-corrected chi connectivity index (χ2v) is 11.0. The largest absolute Gasteiger partial charge is 0.491 e. The molecule has 4 atom stereocenters. The minimum absolute atomic E-state index is 0.137. The molecule has 5 rings (SSSR count). The number of likely N-dealkylation sites (tertiary alicyclic amines) is 1. The molecule has 38 heavy (non-hydrogen) atoms. The van der Waals surface area contributed by atoms with Crippen LogP contribution in [-0.2, 0) is 11.2 Å². The van der Waals surface area contributed by atoms with Crippen molar-refractivity contribution in [2.24, 2.45) is 17.8 Å². The van der Waals surface area contributed by atoms with E-state index >= 15 is 0 Å². The monoisotopic (exact) mass is 531 g/mol. The first-order valence-corrected chi connectivity index (χ1v) is 13.7. The number of aliphatic hydroxyl groups excluding tert-OH is 1. The molecule has 4 heterocycles. The summed E-state index contributed by atoms with van der Waals surface area (Å²) < 4.78 is 37.3. The molecule has 3 saturated heterocycles. The van der Waals surface area contributed by atoms with Gasteiger partial charge in [-0.15, -0.1) is 0 Å². The highest BCUT2D eigenvalue weighted by atomic mass is 19.3. The van der Waals surface area contributed by atoms with Crippen LogP contribution in [0.3, 0.4) is 0 Å². The molecule has 0 radical (unpaired) electrons. The van der Waals surface area contributed by atoms with Gasteiger partial charge in [0.15, 0.2) is 5.82 Å². The summed E-state index contributed by atoms with van der Waals surface area (Å²) in [6, 6.07) is 7.69. The third-order valence-electron chi connectivity index (χ3n) is 7.96. The molecular weight excluding hydrogens is 492 g/mol. The van der Waals surface area contributed by atoms with Crippen LogP contribution in [0.15, 0.2) is 24.3 Å². The van der Waals surface area contributed by atoms with E-state index in [9.17, 15) is 13.9 Å². The molecule has 1 aromatic carbocycles. The first kappa shape index (κ1) is 27.2. The van der Waals surface area contributed by atoms with Gasteiger partial charge in [-0.25, -0.2) is 18.7 Å². The molecule has 0 spiro atoms. The molecule has 3 fully saturated rings. The van der Waals surface area contributed by atoms with Crippen molar-refractivity contribution in [3.63, 3.8) is 0 Å². The number of hydrogen-bond acceptors (Lipinski definition) is 8. The number of fused-ring (bicyclic) bond motifs is 1. The second-order valence-electron chi connectivity index (χ2n) is 11.0. The highest BCUT2D eigenvalue weighted by Crippen LogP contribution is 2.37. The Kier molecular flexibility index (Phi) is 8.72. The van der Waals surface area contributed by atoms with Gasteiger partial charge in [-0.3, -0.25) is 4.90 Å². The number of alkyl halides is 2. The van der Waals surface area contributed by atoms with Crippen molar-refractivity contribution in [2.45, 2.75) is 32.3 Å². The van der Waals surface area contributed by atoms with Gasteiger partial charge in [0.1, 0.15) is 24.3 Å². The molecule has 2 N–H and O–H groups in total. The van der Waals surface area contributed by atoms with E-state index in [4.69, 9.17) is 19.4 Å². The molecule has 208 valence electrons. The van der Waals surface area contributed by atoms with Crippen molar-refractivity contribution in [1.29, 1.82) is 0 Å². The lowest BCUT2D eigenvalue weighted by Crippen LogP contribution is -2.32. The van der Waals surface area contributed by atoms with Gasteiger partial charge >= 0.3 is 0 Å². The van der Waals surface area contributed by atoms with E-state index in [0.717, 1.165) is 61.8 Å². The Morgan fingerprint density at radius 3 is 2.66 bits per heavy atom. The maximum absolute atomic E-state index is 12.9. The smallest absolute Gasteiger partial charge is 0.251 e. The van der Waals surface area contributed by atoms with Gasteiger partial charge in [0.05, 0.1) is 6.54 Å². The van der Waals surface area contributed by atoms with Gasteiger partial charge in [0.25, 0.3) is 6.43 Å². The van der Waals surface area contributed by atoms with Gasteiger partial charge in [-0.05, 0) is 56.7 Å². The Hall–Kier alpha value is -2.40. The number of benzene rings is 1. The minimum atomic E-state index is -2.29. The van der Waals surface area contributed by atoms with Crippen molar-refractivity contribution in [1.82, 2.24) is 20.2 Å². The van der Waals surface area contributed by atoms with Crippen LogP contribution in [0.1, 0.15) is 17.7 Å². The molecule has 1 aromatic heterocycles. The number of likely N-dealkylation sites (N-methyl/N-ethyl adjacent to an activating group) is 1. The van der Waals surface area contributed by atoms with Crippen LogP contribution in [0.25, 0.3) is 11.4 Å². The van der Waals surface area contributed by atoms with Crippen molar-refractivity contribution < 1.29 is 23.4 Å². The highest BCUT2D eigenvalue weighted by Gasteiger charge is 2.41. The summed E-state index contributed by atoms with van der Waals surface area (Å²) in [4.78, 5) is 14.3. The van der Waals surface area contributed by atoms with Crippen molar-refractivity contribution >= 4 is 5.82 Å². The summed E-state index contributed by atoms with van der Waals surface area (Å²) >= 11 is 0. The summed E-state index contributed by atoms with van der Waals surface area (Å²) in [7, 11) is 1.79. The van der Waals surface area contributed by atoms with Gasteiger partial charge < -0.3 is 24.8 Å². The van der Waals surface area contributed by atoms with Crippen LogP contribution in [0.4, 0.5) is 14.6 Å². The predicted octanol–water partition coefficient (Wildman–Crippen LogP) is 2.62. The second kappa shape index (κ2) is 12.2. The van der Waals surface area contributed by atoms with E-state index in [-0.39, 0.29) is 13.2 Å². The van der Waals surface area contributed by atoms with Crippen LogP contribution in [0, 0.1) is 24.7 Å². The fraction of sp³-hybridized carbons (Fsp3) is 0.643. The number of hydrogen-bond donors (Lipinski definition) is 2. The van der Waals surface area contributed by atoms with E-state index in [1.165, 1.54) is 0 Å². The van der Waals surface area contributed by atoms with Crippen molar-refractivity contribution in [3.8, 4) is 17.1 Å². The van der Waals surface area contributed by atoms with Crippen LogP contribution >= 0.6 is 0 Å². The zero-order valence-corrected chi connectivity index (χ0v) is 22.3. The first-order valence-electron chi connectivity index (χ1n) is 13.7. The third kappa shape index (κ3) is 6.42. The molecule has 3 aliphatic heterocycles. The standard InChI is InChI=1S/C28H39F2N5O3/c1-18-25(8-19-6-7-37-16-19)32-27(20-4-3-5-24(9-20)38-17-23(36)10-31-2)33-28(18)35-13-21-11-34(15-26(29)30)12-22(21)14-35/h3-5,9,19,21-23,26,31,36H,6-8,10-17H2,1-2H3/t19-,21?,22?,23?/m0/s1. The van der Waals surface area contributed by atoms with E-state index in [1.54, 1.807) is 7.05 Å². The Bertz CT molecular complexity index is 1070. The maximum Gasteiger partial charge on any atom is 0.251 e. The Balaban J connectivity index is 1.39. The van der Waals surface area contributed by atoms with Gasteiger partial charge in [-0.2, -0.15) is 0 Å². The van der Waals surface area contributed by atoms with Crippen LogP contribution in [0.2, 0.25) is 0 Å². The summed E-state index contributed by atoms with van der Waals surface area (Å²) in [6.45, 7) is 7.22. The lowest BCUT2D eigenvalue weighted by molar-refractivity contribution is 0.0965. The van der Waals surface area contributed by atoms with Gasteiger partial charge in [0, 0.05) is 62.8 Å². The van der Waals surface area contributed by atoms with E-state index in [1.807, 2.05) is 29.2 Å². The number of aromatic nitrogens is 2. The number of aliphatic hydroxyl groups is 1. The Morgan fingerprint density at radius 1 is 1.18 bits per heavy atom. The average Bonchev–Trinajstić information content (AvgIpc) is 3.61.